The van der Waals surface area contributed by atoms with Gasteiger partial charge in [-0.15, -0.1) is 0 Å². The molecule has 1 N–H and O–H groups in total. The highest BCUT2D eigenvalue weighted by atomic mass is 16.5. The van der Waals surface area contributed by atoms with Crippen molar-refractivity contribution in [1.82, 2.24) is 15.1 Å². The van der Waals surface area contributed by atoms with Crippen LogP contribution in [0.3, 0.4) is 0 Å². The Hall–Kier alpha value is -2.63. The van der Waals surface area contributed by atoms with Crippen LogP contribution in [0.5, 0.6) is 0 Å². The summed E-state index contributed by atoms with van der Waals surface area (Å²) in [5, 5.41) is 3.93. The lowest BCUT2D eigenvalue weighted by atomic mass is 10.0. The molecule has 4 rings (SSSR count). The molecule has 0 aromatic carbocycles. The van der Waals surface area contributed by atoms with Crippen LogP contribution in [0.2, 0.25) is 0 Å². The van der Waals surface area contributed by atoms with Crippen molar-refractivity contribution in [3.05, 3.63) is 46.8 Å². The van der Waals surface area contributed by atoms with Crippen molar-refractivity contribution in [2.45, 2.75) is 32.6 Å². The number of pyridine rings is 1. The van der Waals surface area contributed by atoms with Gasteiger partial charge in [-0.3, -0.25) is 4.79 Å². The Bertz CT molecular complexity index is 873. The molecule has 0 bridgehead atoms. The van der Waals surface area contributed by atoms with Gasteiger partial charge in [-0.1, -0.05) is 12.1 Å². The molecule has 0 spiro atoms. The number of nitrogens with zero attached hydrogens (tertiary/aromatic N) is 2. The second kappa shape index (κ2) is 5.22. The fraction of sp³-hybridized carbons (Fsp3) is 0.353. The predicted molar refractivity (Wildman–Crippen MR) is 83.7 cm³/mol. The summed E-state index contributed by atoms with van der Waals surface area (Å²) in [6.45, 7) is 2.27. The first-order valence-corrected chi connectivity index (χ1v) is 7.73. The zero-order valence-corrected chi connectivity index (χ0v) is 12.8. The number of H-pyrrole nitrogens is 1. The standard InChI is InChI=1S/C17H17N3O3/c1-17(8-9-17)7-6-14-19-15(20-23-14)11-4-5-12(18-16(11)21)13-3-2-10-22-13/h2-5,10H,6-9H2,1H3,(H,18,21). The average molecular weight is 311 g/mol. The smallest absolute Gasteiger partial charge is 0.259 e. The summed E-state index contributed by atoms with van der Waals surface area (Å²) in [5.74, 6) is 1.52. The van der Waals surface area contributed by atoms with E-state index in [4.69, 9.17) is 8.94 Å². The second-order valence-corrected chi connectivity index (χ2v) is 6.41. The van der Waals surface area contributed by atoms with Crippen LogP contribution >= 0.6 is 0 Å². The van der Waals surface area contributed by atoms with E-state index < -0.39 is 0 Å². The third-order valence-corrected chi connectivity index (χ3v) is 4.45. The molecule has 23 heavy (non-hydrogen) atoms. The summed E-state index contributed by atoms with van der Waals surface area (Å²) in [4.78, 5) is 19.4. The number of hydrogen-bond acceptors (Lipinski definition) is 5. The topological polar surface area (TPSA) is 84.9 Å². The van der Waals surface area contributed by atoms with Gasteiger partial charge in [0.15, 0.2) is 0 Å². The summed E-state index contributed by atoms with van der Waals surface area (Å²) in [5.41, 5.74) is 1.19. The minimum Gasteiger partial charge on any atom is -0.463 e. The van der Waals surface area contributed by atoms with Crippen LogP contribution in [-0.4, -0.2) is 15.1 Å². The van der Waals surface area contributed by atoms with Crippen molar-refractivity contribution >= 4 is 0 Å². The van der Waals surface area contributed by atoms with Gasteiger partial charge in [0.05, 0.1) is 17.5 Å². The molecule has 0 amide bonds. The van der Waals surface area contributed by atoms with E-state index in [1.807, 2.05) is 0 Å². The van der Waals surface area contributed by atoms with E-state index in [2.05, 4.69) is 22.0 Å². The molecule has 0 radical (unpaired) electrons. The molecule has 1 aliphatic carbocycles. The Morgan fingerprint density at radius 2 is 2.17 bits per heavy atom. The van der Waals surface area contributed by atoms with Gasteiger partial charge < -0.3 is 13.9 Å². The number of aromatic amines is 1. The minimum absolute atomic E-state index is 0.264. The van der Waals surface area contributed by atoms with E-state index in [-0.39, 0.29) is 5.56 Å². The van der Waals surface area contributed by atoms with Gasteiger partial charge in [0.25, 0.3) is 5.56 Å². The normalized spacial score (nSPS) is 15.7. The molecule has 3 heterocycles. The Morgan fingerprint density at radius 1 is 1.30 bits per heavy atom. The highest BCUT2D eigenvalue weighted by Gasteiger charge is 2.36. The average Bonchev–Trinajstić information content (AvgIpc) is 3.01. The Balaban J connectivity index is 1.56. The first-order chi connectivity index (χ1) is 11.1. The number of aromatic nitrogens is 3. The van der Waals surface area contributed by atoms with Gasteiger partial charge in [0.2, 0.25) is 11.7 Å². The van der Waals surface area contributed by atoms with E-state index in [0.717, 1.165) is 12.8 Å². The summed E-state index contributed by atoms with van der Waals surface area (Å²) >= 11 is 0. The predicted octanol–water partition coefficient (Wildman–Crippen LogP) is 3.42. The molecule has 0 saturated heterocycles. The molecule has 0 unspecified atom stereocenters. The number of rotatable bonds is 5. The molecule has 3 aromatic rings. The van der Waals surface area contributed by atoms with Crippen LogP contribution in [0.15, 0.2) is 44.3 Å². The van der Waals surface area contributed by atoms with E-state index in [9.17, 15) is 4.79 Å². The summed E-state index contributed by atoms with van der Waals surface area (Å²) in [6.07, 6.45) is 5.89. The van der Waals surface area contributed by atoms with Crippen molar-refractivity contribution < 1.29 is 8.94 Å². The lowest BCUT2D eigenvalue weighted by Gasteiger charge is -2.03. The van der Waals surface area contributed by atoms with Crippen LogP contribution in [0.1, 0.15) is 32.1 Å². The van der Waals surface area contributed by atoms with Crippen LogP contribution in [-0.2, 0) is 6.42 Å². The van der Waals surface area contributed by atoms with Crippen LogP contribution in [0.4, 0.5) is 0 Å². The number of nitrogens with one attached hydrogen (secondary N) is 1. The van der Waals surface area contributed by atoms with Crippen molar-refractivity contribution in [1.29, 1.82) is 0 Å². The summed E-state index contributed by atoms with van der Waals surface area (Å²) in [7, 11) is 0. The molecule has 118 valence electrons. The Kier molecular flexibility index (Phi) is 3.18. The van der Waals surface area contributed by atoms with Gasteiger partial charge in [-0.05, 0) is 48.9 Å². The summed E-state index contributed by atoms with van der Waals surface area (Å²) < 4.78 is 10.5. The Labute approximate surface area is 132 Å². The van der Waals surface area contributed by atoms with E-state index >= 15 is 0 Å². The largest absolute Gasteiger partial charge is 0.463 e. The van der Waals surface area contributed by atoms with Crippen molar-refractivity contribution in [2.75, 3.05) is 0 Å². The monoisotopic (exact) mass is 311 g/mol. The zero-order chi connectivity index (χ0) is 15.9. The van der Waals surface area contributed by atoms with Gasteiger partial charge in [-0.25, -0.2) is 0 Å². The molecule has 1 fully saturated rings. The quantitative estimate of drug-likeness (QED) is 0.780. The third kappa shape index (κ3) is 2.84. The molecule has 6 nitrogen and oxygen atoms in total. The lowest BCUT2D eigenvalue weighted by Crippen LogP contribution is -2.10. The van der Waals surface area contributed by atoms with Crippen molar-refractivity contribution in [3.63, 3.8) is 0 Å². The highest BCUT2D eigenvalue weighted by Crippen LogP contribution is 2.48. The maximum Gasteiger partial charge on any atom is 0.259 e. The minimum atomic E-state index is -0.264. The highest BCUT2D eigenvalue weighted by molar-refractivity contribution is 5.59. The third-order valence-electron chi connectivity index (χ3n) is 4.45. The van der Waals surface area contributed by atoms with Gasteiger partial charge >= 0.3 is 0 Å². The van der Waals surface area contributed by atoms with E-state index in [0.29, 0.717) is 34.1 Å². The molecule has 0 aliphatic heterocycles. The zero-order valence-electron chi connectivity index (χ0n) is 12.8. The van der Waals surface area contributed by atoms with E-state index in [1.54, 1.807) is 30.5 Å². The molecule has 0 atom stereocenters. The van der Waals surface area contributed by atoms with Crippen LogP contribution < -0.4 is 5.56 Å². The number of furan rings is 1. The van der Waals surface area contributed by atoms with E-state index in [1.165, 1.54) is 12.8 Å². The first-order valence-electron chi connectivity index (χ1n) is 7.73. The molecular weight excluding hydrogens is 294 g/mol. The van der Waals surface area contributed by atoms with Gasteiger partial charge in [0, 0.05) is 6.42 Å². The molecule has 1 saturated carbocycles. The summed E-state index contributed by atoms with van der Waals surface area (Å²) in [6, 6.07) is 7.02. The number of aryl methyl sites for hydroxylation is 1. The molecular formula is C17H17N3O3. The fourth-order valence-corrected chi connectivity index (χ4v) is 2.56. The fourth-order valence-electron chi connectivity index (χ4n) is 2.56. The molecule has 3 aromatic heterocycles. The number of hydrogen-bond donors (Lipinski definition) is 1. The van der Waals surface area contributed by atoms with Crippen molar-refractivity contribution in [3.8, 4) is 22.8 Å². The maximum atomic E-state index is 12.3. The molecule has 6 heteroatoms. The van der Waals surface area contributed by atoms with Crippen LogP contribution in [0.25, 0.3) is 22.8 Å². The maximum absolute atomic E-state index is 12.3. The first kappa shape index (κ1) is 14.0. The lowest BCUT2D eigenvalue weighted by molar-refractivity contribution is 0.362. The van der Waals surface area contributed by atoms with Gasteiger partial charge in [-0.2, -0.15) is 4.98 Å². The molecule has 1 aliphatic rings. The second-order valence-electron chi connectivity index (χ2n) is 6.41. The van der Waals surface area contributed by atoms with Crippen molar-refractivity contribution in [2.24, 2.45) is 5.41 Å². The van der Waals surface area contributed by atoms with Crippen LogP contribution in [0, 0.1) is 5.41 Å². The SMILES string of the molecule is CC1(CCc2nc(-c3ccc(-c4ccco4)[nH]c3=O)no2)CC1. The Morgan fingerprint density at radius 3 is 2.87 bits per heavy atom. The van der Waals surface area contributed by atoms with Gasteiger partial charge in [0.1, 0.15) is 5.76 Å².